The number of aliphatic hydroxyl groups is 1. The minimum absolute atomic E-state index is 0.00189. The van der Waals surface area contributed by atoms with Gasteiger partial charge in [0.2, 0.25) is 0 Å². The molecule has 1 aromatic heterocycles. The van der Waals surface area contributed by atoms with E-state index in [-0.39, 0.29) is 30.2 Å². The Morgan fingerprint density at radius 2 is 2.31 bits per heavy atom. The van der Waals surface area contributed by atoms with Crippen LogP contribution in [-0.4, -0.2) is 27.5 Å². The highest BCUT2D eigenvalue weighted by Gasteiger charge is 2.26. The highest BCUT2D eigenvalue weighted by atomic mass is 16.5. The molecule has 0 radical (unpaired) electrons. The van der Waals surface area contributed by atoms with Crippen LogP contribution in [0.4, 0.5) is 0 Å². The first kappa shape index (κ1) is 11.2. The highest BCUT2D eigenvalue weighted by molar-refractivity contribution is 5.27. The third-order valence-corrected chi connectivity index (χ3v) is 2.85. The quantitative estimate of drug-likeness (QED) is 0.770. The van der Waals surface area contributed by atoms with Crippen LogP contribution < -0.4 is 5.56 Å². The van der Waals surface area contributed by atoms with E-state index in [1.165, 1.54) is 10.6 Å². The Morgan fingerprint density at radius 1 is 1.56 bits per heavy atom. The van der Waals surface area contributed by atoms with Gasteiger partial charge in [0.1, 0.15) is 12.0 Å². The molecule has 1 aliphatic rings. The number of aromatic hydroxyl groups is 1. The molecule has 0 aromatic carbocycles. The summed E-state index contributed by atoms with van der Waals surface area (Å²) < 4.78 is 6.97. The topological polar surface area (TPSA) is 71.7 Å². The number of rotatable bonds is 2. The van der Waals surface area contributed by atoms with Gasteiger partial charge < -0.3 is 14.9 Å². The zero-order chi connectivity index (χ0) is 11.7. The van der Waals surface area contributed by atoms with Gasteiger partial charge in [-0.2, -0.15) is 0 Å². The van der Waals surface area contributed by atoms with Crippen molar-refractivity contribution in [2.75, 3.05) is 6.61 Å². The van der Waals surface area contributed by atoms with Gasteiger partial charge in [-0.25, -0.2) is 0 Å². The second kappa shape index (κ2) is 4.27. The first-order valence-electron chi connectivity index (χ1n) is 5.30. The van der Waals surface area contributed by atoms with E-state index in [0.717, 1.165) is 6.42 Å². The van der Waals surface area contributed by atoms with Crippen LogP contribution >= 0.6 is 0 Å². The Bertz CT molecular complexity index is 440. The number of hydrogen-bond donors (Lipinski definition) is 2. The molecule has 1 saturated heterocycles. The maximum Gasteiger partial charge on any atom is 0.256 e. The fraction of sp³-hybridized carbons (Fsp3) is 0.545. The molecule has 1 fully saturated rings. The predicted molar refractivity (Wildman–Crippen MR) is 57.3 cm³/mol. The lowest BCUT2D eigenvalue weighted by molar-refractivity contribution is -0.0241. The van der Waals surface area contributed by atoms with Crippen LogP contribution in [0.1, 0.15) is 24.6 Å². The molecular formula is C11H15NO4. The molecule has 0 spiro atoms. The molecule has 5 heteroatoms. The molecular weight excluding hydrogens is 210 g/mol. The summed E-state index contributed by atoms with van der Waals surface area (Å²) in [5, 5.41) is 18.3. The van der Waals surface area contributed by atoms with Gasteiger partial charge in [-0.3, -0.25) is 9.36 Å². The normalized spacial score (nSPS) is 24.9. The van der Waals surface area contributed by atoms with Gasteiger partial charge in [0.15, 0.2) is 0 Å². The Hall–Kier alpha value is -1.33. The number of aliphatic hydroxyl groups excluding tert-OH is 1. The molecule has 0 aliphatic carbocycles. The van der Waals surface area contributed by atoms with Crippen molar-refractivity contribution < 1.29 is 14.9 Å². The van der Waals surface area contributed by atoms with E-state index in [9.17, 15) is 9.90 Å². The fourth-order valence-corrected chi connectivity index (χ4v) is 1.89. The van der Waals surface area contributed by atoms with E-state index in [2.05, 4.69) is 0 Å². The average Bonchev–Trinajstić information content (AvgIpc) is 2.71. The summed E-state index contributed by atoms with van der Waals surface area (Å²) in [5.74, 6) is -0.00189. The number of ether oxygens (including phenoxy) is 1. The fourth-order valence-electron chi connectivity index (χ4n) is 1.89. The van der Waals surface area contributed by atoms with Gasteiger partial charge in [-0.1, -0.05) is 0 Å². The van der Waals surface area contributed by atoms with Crippen molar-refractivity contribution in [3.05, 3.63) is 28.2 Å². The summed E-state index contributed by atoms with van der Waals surface area (Å²) in [6.45, 7) is 1.70. The Balaban J connectivity index is 2.28. The molecule has 2 heterocycles. The van der Waals surface area contributed by atoms with E-state index in [1.54, 1.807) is 13.1 Å². The van der Waals surface area contributed by atoms with Crippen LogP contribution in [0.2, 0.25) is 0 Å². The minimum Gasteiger partial charge on any atom is -0.507 e. The lowest BCUT2D eigenvalue weighted by atomic mass is 10.2. The van der Waals surface area contributed by atoms with Crippen molar-refractivity contribution in [3.63, 3.8) is 0 Å². The smallest absolute Gasteiger partial charge is 0.256 e. The first-order chi connectivity index (χ1) is 7.61. The van der Waals surface area contributed by atoms with Crippen LogP contribution in [0, 0.1) is 6.92 Å². The summed E-state index contributed by atoms with van der Waals surface area (Å²) in [5.41, 5.74) is 0.349. The largest absolute Gasteiger partial charge is 0.507 e. The molecule has 2 N–H and O–H groups in total. The van der Waals surface area contributed by atoms with Crippen molar-refractivity contribution in [2.45, 2.75) is 32.1 Å². The third kappa shape index (κ3) is 1.96. The monoisotopic (exact) mass is 225 g/mol. The van der Waals surface area contributed by atoms with E-state index >= 15 is 0 Å². The van der Waals surface area contributed by atoms with Crippen molar-refractivity contribution in [1.82, 2.24) is 4.57 Å². The van der Waals surface area contributed by atoms with E-state index in [4.69, 9.17) is 9.84 Å². The molecule has 2 atom stereocenters. The van der Waals surface area contributed by atoms with Crippen LogP contribution in [-0.2, 0) is 4.74 Å². The standard InChI is InChI=1S/C11H15NO4/c1-7-5-12(10(15)4-9(7)14)11-3-2-8(6-13)16-11/h4-5,8,11,13-14H,2-3,6H2,1H3. The summed E-state index contributed by atoms with van der Waals surface area (Å²) in [6.07, 6.45) is 2.51. The predicted octanol–water partition coefficient (Wildman–Crippen LogP) is 0.532. The first-order valence-corrected chi connectivity index (χ1v) is 5.30. The lowest BCUT2D eigenvalue weighted by Gasteiger charge is -2.15. The number of pyridine rings is 1. The zero-order valence-corrected chi connectivity index (χ0v) is 9.09. The Labute approximate surface area is 92.9 Å². The zero-order valence-electron chi connectivity index (χ0n) is 9.09. The number of aromatic nitrogens is 1. The molecule has 0 bridgehead atoms. The van der Waals surface area contributed by atoms with Crippen molar-refractivity contribution in [1.29, 1.82) is 0 Å². The molecule has 0 amide bonds. The second-order valence-electron chi connectivity index (χ2n) is 4.06. The van der Waals surface area contributed by atoms with Crippen LogP contribution in [0.5, 0.6) is 5.75 Å². The summed E-state index contributed by atoms with van der Waals surface area (Å²) in [7, 11) is 0. The van der Waals surface area contributed by atoms with Gasteiger partial charge >= 0.3 is 0 Å². The average molecular weight is 225 g/mol. The Morgan fingerprint density at radius 3 is 2.94 bits per heavy atom. The molecule has 1 aliphatic heterocycles. The number of hydrogen-bond acceptors (Lipinski definition) is 4. The van der Waals surface area contributed by atoms with Crippen LogP contribution in [0.15, 0.2) is 17.1 Å². The molecule has 2 unspecified atom stereocenters. The maximum atomic E-state index is 11.6. The molecule has 1 aromatic rings. The maximum absolute atomic E-state index is 11.6. The van der Waals surface area contributed by atoms with Gasteiger partial charge in [0, 0.05) is 17.8 Å². The number of aryl methyl sites for hydroxylation is 1. The van der Waals surface area contributed by atoms with Crippen molar-refractivity contribution in [3.8, 4) is 5.75 Å². The van der Waals surface area contributed by atoms with Crippen LogP contribution in [0.3, 0.4) is 0 Å². The van der Waals surface area contributed by atoms with Crippen LogP contribution in [0.25, 0.3) is 0 Å². The van der Waals surface area contributed by atoms with Gasteiger partial charge in [0.05, 0.1) is 12.7 Å². The van der Waals surface area contributed by atoms with E-state index < -0.39 is 0 Å². The summed E-state index contributed by atoms with van der Waals surface area (Å²) in [4.78, 5) is 11.6. The van der Waals surface area contributed by atoms with E-state index in [1.807, 2.05) is 0 Å². The third-order valence-electron chi connectivity index (χ3n) is 2.85. The Kier molecular flexibility index (Phi) is 2.98. The second-order valence-corrected chi connectivity index (χ2v) is 4.06. The molecule has 2 rings (SSSR count). The van der Waals surface area contributed by atoms with Gasteiger partial charge in [-0.15, -0.1) is 0 Å². The SMILES string of the molecule is Cc1cn(C2CCC(CO)O2)c(=O)cc1O. The molecule has 5 nitrogen and oxygen atoms in total. The number of nitrogens with zero attached hydrogens (tertiary/aromatic N) is 1. The van der Waals surface area contributed by atoms with Gasteiger partial charge in [-0.05, 0) is 19.8 Å². The summed E-state index contributed by atoms with van der Waals surface area (Å²) >= 11 is 0. The highest BCUT2D eigenvalue weighted by Crippen LogP contribution is 2.27. The summed E-state index contributed by atoms with van der Waals surface area (Å²) in [6, 6.07) is 1.19. The van der Waals surface area contributed by atoms with E-state index in [0.29, 0.717) is 12.0 Å². The molecule has 88 valence electrons. The van der Waals surface area contributed by atoms with Gasteiger partial charge in [0.25, 0.3) is 5.56 Å². The minimum atomic E-state index is -0.330. The molecule has 16 heavy (non-hydrogen) atoms. The van der Waals surface area contributed by atoms with Crippen molar-refractivity contribution >= 4 is 0 Å². The van der Waals surface area contributed by atoms with Crippen molar-refractivity contribution in [2.24, 2.45) is 0 Å². The molecule has 0 saturated carbocycles. The lowest BCUT2D eigenvalue weighted by Crippen LogP contribution is -2.24.